The minimum Gasteiger partial charge on any atom is -0.462 e. The lowest BCUT2D eigenvalue weighted by atomic mass is 10.1. The fourth-order valence-electron chi connectivity index (χ4n) is 2.11. The Morgan fingerprint density at radius 3 is 2.50 bits per heavy atom. The lowest BCUT2D eigenvalue weighted by molar-refractivity contribution is -0.383. The standard InChI is InChI=1S/C17H16N2O5/c1-2-24-17(21)13-8-9-15(19(22)23)14(11-13)18-16(20)10-12-6-4-3-5-7-12/h3-9,11H,2,10H2,1H3,(H,18,20). The largest absolute Gasteiger partial charge is 0.462 e. The number of anilines is 1. The molecule has 2 aromatic rings. The highest BCUT2D eigenvalue weighted by Crippen LogP contribution is 2.26. The fourth-order valence-corrected chi connectivity index (χ4v) is 2.11. The SMILES string of the molecule is CCOC(=O)c1ccc([N+](=O)[O-])c(NC(=O)Cc2ccccc2)c1. The van der Waals surface area contributed by atoms with Gasteiger partial charge in [0.1, 0.15) is 5.69 Å². The molecule has 0 aliphatic rings. The van der Waals surface area contributed by atoms with Gasteiger partial charge in [0.15, 0.2) is 0 Å². The number of hydrogen-bond donors (Lipinski definition) is 1. The molecule has 0 aliphatic heterocycles. The van der Waals surface area contributed by atoms with Crippen molar-refractivity contribution in [3.8, 4) is 0 Å². The van der Waals surface area contributed by atoms with Crippen molar-refractivity contribution < 1.29 is 19.2 Å². The minimum absolute atomic E-state index is 0.0357. The third-order valence-electron chi connectivity index (χ3n) is 3.19. The second-order valence-electron chi connectivity index (χ2n) is 4.92. The summed E-state index contributed by atoms with van der Waals surface area (Å²) in [5.41, 5.74) is 0.590. The maximum absolute atomic E-state index is 12.1. The summed E-state index contributed by atoms with van der Waals surface area (Å²) in [5.74, 6) is -1.02. The Labute approximate surface area is 138 Å². The van der Waals surface area contributed by atoms with E-state index >= 15 is 0 Å². The van der Waals surface area contributed by atoms with E-state index < -0.39 is 16.8 Å². The molecule has 0 heterocycles. The lowest BCUT2D eigenvalue weighted by Gasteiger charge is -2.08. The Hall–Kier alpha value is -3.22. The van der Waals surface area contributed by atoms with Crippen LogP contribution in [0.3, 0.4) is 0 Å². The highest BCUT2D eigenvalue weighted by Gasteiger charge is 2.19. The number of nitrogens with one attached hydrogen (secondary N) is 1. The Kier molecular flexibility index (Phi) is 5.62. The Bertz CT molecular complexity index is 759. The fraction of sp³-hybridized carbons (Fsp3) is 0.176. The van der Waals surface area contributed by atoms with Crippen LogP contribution < -0.4 is 5.32 Å². The van der Waals surface area contributed by atoms with Gasteiger partial charge in [-0.15, -0.1) is 0 Å². The van der Waals surface area contributed by atoms with Gasteiger partial charge in [-0.1, -0.05) is 30.3 Å². The van der Waals surface area contributed by atoms with E-state index in [4.69, 9.17) is 4.74 Å². The summed E-state index contributed by atoms with van der Waals surface area (Å²) < 4.78 is 4.86. The van der Waals surface area contributed by atoms with Crippen LogP contribution in [0.25, 0.3) is 0 Å². The summed E-state index contributed by atoms with van der Waals surface area (Å²) in [6.07, 6.45) is 0.0711. The number of carbonyl (C=O) groups excluding carboxylic acids is 2. The molecule has 7 nitrogen and oxygen atoms in total. The smallest absolute Gasteiger partial charge is 0.338 e. The van der Waals surface area contributed by atoms with Gasteiger partial charge in [-0.05, 0) is 24.6 Å². The zero-order chi connectivity index (χ0) is 17.5. The number of nitro groups is 1. The van der Waals surface area contributed by atoms with Crippen molar-refractivity contribution in [2.45, 2.75) is 13.3 Å². The molecule has 0 saturated carbocycles. The number of rotatable bonds is 6. The molecular weight excluding hydrogens is 312 g/mol. The van der Waals surface area contributed by atoms with E-state index in [-0.39, 0.29) is 30.0 Å². The Balaban J connectivity index is 2.22. The maximum atomic E-state index is 12.1. The summed E-state index contributed by atoms with van der Waals surface area (Å²) in [6, 6.07) is 12.7. The molecule has 0 radical (unpaired) electrons. The number of nitro benzene ring substituents is 1. The summed E-state index contributed by atoms with van der Waals surface area (Å²) in [4.78, 5) is 34.4. The van der Waals surface area contributed by atoms with Gasteiger partial charge >= 0.3 is 5.97 Å². The zero-order valence-electron chi connectivity index (χ0n) is 13.0. The first kappa shape index (κ1) is 17.1. The van der Waals surface area contributed by atoms with Gasteiger partial charge in [0.2, 0.25) is 5.91 Å². The van der Waals surface area contributed by atoms with E-state index in [0.717, 1.165) is 5.56 Å². The van der Waals surface area contributed by atoms with Crippen molar-refractivity contribution in [2.24, 2.45) is 0 Å². The number of nitrogens with zero attached hydrogens (tertiary/aromatic N) is 1. The van der Waals surface area contributed by atoms with Crippen LogP contribution in [0.2, 0.25) is 0 Å². The van der Waals surface area contributed by atoms with Crippen molar-refractivity contribution in [2.75, 3.05) is 11.9 Å². The first-order valence-corrected chi connectivity index (χ1v) is 7.30. The molecule has 7 heteroatoms. The number of hydrogen-bond acceptors (Lipinski definition) is 5. The molecule has 0 atom stereocenters. The second kappa shape index (κ2) is 7.87. The van der Waals surface area contributed by atoms with Crippen LogP contribution in [0.1, 0.15) is 22.8 Å². The van der Waals surface area contributed by atoms with Gasteiger partial charge in [-0.3, -0.25) is 14.9 Å². The van der Waals surface area contributed by atoms with Crippen molar-refractivity contribution in [1.29, 1.82) is 0 Å². The molecule has 0 saturated heterocycles. The minimum atomic E-state index is -0.618. The lowest BCUT2D eigenvalue weighted by Crippen LogP contribution is -2.16. The predicted octanol–water partition coefficient (Wildman–Crippen LogP) is 2.95. The summed E-state index contributed by atoms with van der Waals surface area (Å²) in [6.45, 7) is 1.84. The molecule has 0 spiro atoms. The van der Waals surface area contributed by atoms with Crippen LogP contribution in [0.15, 0.2) is 48.5 Å². The van der Waals surface area contributed by atoms with Crippen LogP contribution in [0.4, 0.5) is 11.4 Å². The molecular formula is C17H16N2O5. The molecule has 1 amide bonds. The number of benzene rings is 2. The van der Waals surface area contributed by atoms with E-state index in [1.165, 1.54) is 18.2 Å². The highest BCUT2D eigenvalue weighted by atomic mass is 16.6. The normalized spacial score (nSPS) is 10.0. The molecule has 0 fully saturated rings. The van der Waals surface area contributed by atoms with Gasteiger partial charge in [-0.25, -0.2) is 4.79 Å². The number of esters is 1. The number of ether oxygens (including phenoxy) is 1. The van der Waals surface area contributed by atoms with Gasteiger partial charge in [0, 0.05) is 6.07 Å². The van der Waals surface area contributed by atoms with Gasteiger partial charge in [-0.2, -0.15) is 0 Å². The van der Waals surface area contributed by atoms with Crippen molar-refractivity contribution in [3.63, 3.8) is 0 Å². The van der Waals surface area contributed by atoms with E-state index in [9.17, 15) is 19.7 Å². The molecule has 2 rings (SSSR count). The first-order valence-electron chi connectivity index (χ1n) is 7.30. The van der Waals surface area contributed by atoms with Crippen LogP contribution in [-0.2, 0) is 16.0 Å². The van der Waals surface area contributed by atoms with Gasteiger partial charge in [0.05, 0.1) is 23.5 Å². The quantitative estimate of drug-likeness (QED) is 0.499. The van der Waals surface area contributed by atoms with E-state index in [1.807, 2.05) is 6.07 Å². The van der Waals surface area contributed by atoms with Crippen molar-refractivity contribution in [1.82, 2.24) is 0 Å². The first-order chi connectivity index (χ1) is 11.5. The third-order valence-corrected chi connectivity index (χ3v) is 3.19. The van der Waals surface area contributed by atoms with Crippen LogP contribution in [0, 0.1) is 10.1 Å². The third kappa shape index (κ3) is 4.39. The molecule has 0 aromatic heterocycles. The molecule has 24 heavy (non-hydrogen) atoms. The van der Waals surface area contributed by atoms with E-state index in [2.05, 4.69) is 5.32 Å². The molecule has 124 valence electrons. The van der Waals surface area contributed by atoms with Crippen molar-refractivity contribution in [3.05, 3.63) is 69.8 Å². The number of amides is 1. The average molecular weight is 328 g/mol. The average Bonchev–Trinajstić information content (AvgIpc) is 2.55. The topological polar surface area (TPSA) is 98.5 Å². The molecule has 0 bridgehead atoms. The van der Waals surface area contributed by atoms with Crippen LogP contribution in [0.5, 0.6) is 0 Å². The Morgan fingerprint density at radius 1 is 1.17 bits per heavy atom. The zero-order valence-corrected chi connectivity index (χ0v) is 13.0. The Morgan fingerprint density at radius 2 is 1.88 bits per heavy atom. The molecule has 0 aliphatic carbocycles. The van der Waals surface area contributed by atoms with Gasteiger partial charge < -0.3 is 10.1 Å². The van der Waals surface area contributed by atoms with E-state index in [1.54, 1.807) is 31.2 Å². The summed E-state index contributed by atoms with van der Waals surface area (Å²) in [7, 11) is 0. The molecule has 2 aromatic carbocycles. The molecule has 0 unspecified atom stereocenters. The van der Waals surface area contributed by atoms with Crippen molar-refractivity contribution >= 4 is 23.3 Å². The van der Waals surface area contributed by atoms with E-state index in [0.29, 0.717) is 0 Å². The molecule has 1 N–H and O–H groups in total. The van der Waals surface area contributed by atoms with Crippen LogP contribution >= 0.6 is 0 Å². The number of carbonyl (C=O) groups is 2. The second-order valence-corrected chi connectivity index (χ2v) is 4.92. The maximum Gasteiger partial charge on any atom is 0.338 e. The van der Waals surface area contributed by atoms with Gasteiger partial charge in [0.25, 0.3) is 5.69 Å². The monoisotopic (exact) mass is 328 g/mol. The summed E-state index contributed by atoms with van der Waals surface area (Å²) in [5, 5.41) is 13.6. The van der Waals surface area contributed by atoms with Crippen LogP contribution in [-0.4, -0.2) is 23.4 Å². The predicted molar refractivity (Wildman–Crippen MR) is 87.8 cm³/mol. The summed E-state index contributed by atoms with van der Waals surface area (Å²) >= 11 is 0. The highest BCUT2D eigenvalue weighted by molar-refractivity contribution is 5.97.